The second-order valence-corrected chi connectivity index (χ2v) is 2.25. The number of nitriles is 1. The zero-order valence-electron chi connectivity index (χ0n) is 6.70. The van der Waals surface area contributed by atoms with Crippen molar-refractivity contribution < 1.29 is 9.84 Å². The minimum atomic E-state index is -0.362. The molecular weight excluding hydrogens is 154 g/mol. The summed E-state index contributed by atoms with van der Waals surface area (Å²) in [4.78, 5) is 0. The molecule has 3 heteroatoms. The third kappa shape index (κ3) is 1.39. The number of hydrogen-bond donors (Lipinski definition) is 0. The van der Waals surface area contributed by atoms with Gasteiger partial charge in [-0.2, -0.15) is 5.26 Å². The molecule has 0 aliphatic carbocycles. The molecule has 0 amide bonds. The molecule has 1 aromatic rings. The zero-order valence-corrected chi connectivity index (χ0v) is 6.70. The maximum Gasteiger partial charge on any atom is 0.142 e. The summed E-state index contributed by atoms with van der Waals surface area (Å²) in [5, 5.41) is 19.2. The lowest BCUT2D eigenvalue weighted by Crippen LogP contribution is -1.93. The molecule has 0 aromatic heterocycles. The molecule has 0 atom stereocenters. The van der Waals surface area contributed by atoms with E-state index in [0.29, 0.717) is 16.9 Å². The van der Waals surface area contributed by atoms with Gasteiger partial charge in [-0.25, -0.2) is 5.11 Å². The predicted octanol–water partition coefficient (Wildman–Crippen LogP) is 1.50. The van der Waals surface area contributed by atoms with Crippen LogP contribution in [-0.2, 0) is 11.7 Å². The summed E-state index contributed by atoms with van der Waals surface area (Å²) in [6.07, 6.45) is 0. The van der Waals surface area contributed by atoms with Crippen LogP contribution in [-0.4, -0.2) is 7.11 Å². The van der Waals surface area contributed by atoms with Gasteiger partial charge >= 0.3 is 0 Å². The third-order valence-corrected chi connectivity index (χ3v) is 1.58. The average Bonchev–Trinajstić information content (AvgIpc) is 2.16. The Labute approximate surface area is 70.8 Å². The van der Waals surface area contributed by atoms with Crippen LogP contribution >= 0.6 is 0 Å². The third-order valence-electron chi connectivity index (χ3n) is 1.58. The van der Waals surface area contributed by atoms with Gasteiger partial charge in [0, 0.05) is 5.56 Å². The number of rotatable bonds is 2. The molecule has 0 heterocycles. The zero-order chi connectivity index (χ0) is 8.97. The first-order valence-corrected chi connectivity index (χ1v) is 3.47. The Kier molecular flexibility index (Phi) is 2.67. The van der Waals surface area contributed by atoms with Gasteiger partial charge < -0.3 is 4.74 Å². The van der Waals surface area contributed by atoms with Gasteiger partial charge in [0.25, 0.3) is 0 Å². The van der Waals surface area contributed by atoms with Gasteiger partial charge in [-0.05, 0) is 6.07 Å². The van der Waals surface area contributed by atoms with Crippen LogP contribution in [0, 0.1) is 11.3 Å². The summed E-state index contributed by atoms with van der Waals surface area (Å²) >= 11 is 0. The Bertz CT molecular complexity index is 315. The molecule has 0 spiro atoms. The van der Waals surface area contributed by atoms with Gasteiger partial charge in [0.1, 0.15) is 18.4 Å². The molecular formula is C9H8NO2. The first-order chi connectivity index (χ1) is 5.83. The standard InChI is InChI=1S/C9H8NO2/c1-12-9-7(5-10)3-2-4-8(9)6-11/h2-4H,6H2,1H3. The Morgan fingerprint density at radius 2 is 2.33 bits per heavy atom. The van der Waals surface area contributed by atoms with Crippen molar-refractivity contribution in [3.63, 3.8) is 0 Å². The highest BCUT2D eigenvalue weighted by molar-refractivity contribution is 5.48. The molecule has 1 aromatic carbocycles. The number of hydrogen-bond acceptors (Lipinski definition) is 2. The van der Waals surface area contributed by atoms with Crippen LogP contribution in [0.5, 0.6) is 5.75 Å². The van der Waals surface area contributed by atoms with Crippen LogP contribution in [0.4, 0.5) is 0 Å². The normalized spacial score (nSPS) is 9.08. The van der Waals surface area contributed by atoms with Crippen LogP contribution < -0.4 is 4.74 Å². The summed E-state index contributed by atoms with van der Waals surface area (Å²) in [5.74, 6) is 0.398. The molecule has 61 valence electrons. The monoisotopic (exact) mass is 162 g/mol. The van der Waals surface area contributed by atoms with E-state index in [1.807, 2.05) is 6.07 Å². The lowest BCUT2D eigenvalue weighted by Gasteiger charge is -2.05. The average molecular weight is 162 g/mol. The van der Waals surface area contributed by atoms with E-state index in [4.69, 9.17) is 10.00 Å². The summed E-state index contributed by atoms with van der Waals surface area (Å²) in [5.41, 5.74) is 0.933. The Balaban J connectivity index is 3.24. The van der Waals surface area contributed by atoms with E-state index in [0.717, 1.165) is 0 Å². The number of nitrogens with zero attached hydrogens (tertiary/aromatic N) is 1. The molecule has 1 rings (SSSR count). The van der Waals surface area contributed by atoms with Crippen molar-refractivity contribution in [2.45, 2.75) is 6.61 Å². The quantitative estimate of drug-likeness (QED) is 0.661. The van der Waals surface area contributed by atoms with Crippen molar-refractivity contribution in [3.05, 3.63) is 29.3 Å². The smallest absolute Gasteiger partial charge is 0.142 e. The van der Waals surface area contributed by atoms with Crippen molar-refractivity contribution in [1.29, 1.82) is 5.26 Å². The molecule has 0 fully saturated rings. The number of ether oxygens (including phenoxy) is 1. The highest BCUT2D eigenvalue weighted by Crippen LogP contribution is 2.22. The highest BCUT2D eigenvalue weighted by Gasteiger charge is 2.06. The minimum absolute atomic E-state index is 0.362. The second-order valence-electron chi connectivity index (χ2n) is 2.25. The molecule has 3 nitrogen and oxygen atoms in total. The van der Waals surface area contributed by atoms with E-state index in [1.54, 1.807) is 18.2 Å². The van der Waals surface area contributed by atoms with Gasteiger partial charge in [0.2, 0.25) is 0 Å². The van der Waals surface area contributed by atoms with Crippen LogP contribution in [0.1, 0.15) is 11.1 Å². The SMILES string of the molecule is COc1c(C#N)cccc1C[O]. The molecule has 1 radical (unpaired) electrons. The molecule has 0 aliphatic rings. The molecule has 0 saturated heterocycles. The number of methoxy groups -OCH3 is 1. The van der Waals surface area contributed by atoms with E-state index in [2.05, 4.69) is 0 Å². The van der Waals surface area contributed by atoms with Crippen molar-refractivity contribution >= 4 is 0 Å². The van der Waals surface area contributed by atoms with Crippen LogP contribution in [0.2, 0.25) is 0 Å². The lowest BCUT2D eigenvalue weighted by atomic mass is 10.1. The van der Waals surface area contributed by atoms with E-state index in [9.17, 15) is 5.11 Å². The molecule has 0 saturated carbocycles. The maximum atomic E-state index is 10.6. The van der Waals surface area contributed by atoms with Crippen LogP contribution in [0.25, 0.3) is 0 Å². The first-order valence-electron chi connectivity index (χ1n) is 3.47. The Morgan fingerprint density at radius 3 is 2.83 bits per heavy atom. The van der Waals surface area contributed by atoms with Gasteiger partial charge in [0.15, 0.2) is 0 Å². The van der Waals surface area contributed by atoms with E-state index >= 15 is 0 Å². The summed E-state index contributed by atoms with van der Waals surface area (Å²) in [6, 6.07) is 6.91. The van der Waals surface area contributed by atoms with Crippen molar-refractivity contribution in [1.82, 2.24) is 0 Å². The fraction of sp³-hybridized carbons (Fsp3) is 0.222. The Morgan fingerprint density at radius 1 is 1.58 bits per heavy atom. The van der Waals surface area contributed by atoms with E-state index in [-0.39, 0.29) is 6.61 Å². The maximum absolute atomic E-state index is 10.6. The summed E-state index contributed by atoms with van der Waals surface area (Å²) in [7, 11) is 1.45. The largest absolute Gasteiger partial charge is 0.495 e. The topological polar surface area (TPSA) is 52.9 Å². The van der Waals surface area contributed by atoms with Crippen molar-refractivity contribution in [3.8, 4) is 11.8 Å². The van der Waals surface area contributed by atoms with Crippen LogP contribution in [0.15, 0.2) is 18.2 Å². The van der Waals surface area contributed by atoms with Crippen molar-refractivity contribution in [2.24, 2.45) is 0 Å². The Hall–Kier alpha value is -1.53. The predicted molar refractivity (Wildman–Crippen MR) is 42.1 cm³/mol. The molecule has 0 unspecified atom stereocenters. The molecule has 0 N–H and O–H groups in total. The van der Waals surface area contributed by atoms with Gasteiger partial charge in [-0.3, -0.25) is 0 Å². The second kappa shape index (κ2) is 3.74. The lowest BCUT2D eigenvalue weighted by molar-refractivity contribution is 0.174. The van der Waals surface area contributed by atoms with Gasteiger partial charge in [-0.1, -0.05) is 12.1 Å². The number of para-hydroxylation sites is 1. The first kappa shape index (κ1) is 8.57. The highest BCUT2D eigenvalue weighted by atomic mass is 16.5. The van der Waals surface area contributed by atoms with Gasteiger partial charge in [-0.15, -0.1) is 0 Å². The summed E-state index contributed by atoms with van der Waals surface area (Å²) in [6.45, 7) is -0.362. The molecule has 0 aliphatic heterocycles. The number of benzene rings is 1. The summed E-state index contributed by atoms with van der Waals surface area (Å²) < 4.78 is 4.94. The van der Waals surface area contributed by atoms with E-state index in [1.165, 1.54) is 7.11 Å². The fourth-order valence-corrected chi connectivity index (χ4v) is 1.03. The molecule has 0 bridgehead atoms. The van der Waals surface area contributed by atoms with Crippen LogP contribution in [0.3, 0.4) is 0 Å². The van der Waals surface area contributed by atoms with Crippen molar-refractivity contribution in [2.75, 3.05) is 7.11 Å². The van der Waals surface area contributed by atoms with Gasteiger partial charge in [0.05, 0.1) is 12.7 Å². The van der Waals surface area contributed by atoms with E-state index < -0.39 is 0 Å². The fourth-order valence-electron chi connectivity index (χ4n) is 1.03. The molecule has 12 heavy (non-hydrogen) atoms. The minimum Gasteiger partial charge on any atom is -0.495 e.